The minimum Gasteiger partial charge on any atom is -0.289 e. The molecular formula is C19H15N3O3. The Morgan fingerprint density at radius 1 is 1.20 bits per heavy atom. The van der Waals surface area contributed by atoms with Crippen molar-refractivity contribution >= 4 is 17.5 Å². The Bertz CT molecular complexity index is 959. The number of nitrogens with zero attached hydrogens (tertiary/aromatic N) is 3. The summed E-state index contributed by atoms with van der Waals surface area (Å²) in [6.07, 6.45) is 6.48. The molecule has 6 nitrogen and oxygen atoms in total. The van der Waals surface area contributed by atoms with E-state index in [4.69, 9.17) is 0 Å². The molecule has 1 aromatic heterocycles. The number of rotatable bonds is 5. The predicted octanol–water partition coefficient (Wildman–Crippen LogP) is 3.99. The normalized spacial score (nSPS) is 10.9. The second kappa shape index (κ2) is 6.92. The molecule has 0 radical (unpaired) electrons. The fourth-order valence-corrected chi connectivity index (χ4v) is 2.37. The van der Waals surface area contributed by atoms with Gasteiger partial charge in [-0.25, -0.2) is 4.68 Å². The van der Waals surface area contributed by atoms with Crippen LogP contribution in [0.3, 0.4) is 0 Å². The summed E-state index contributed by atoms with van der Waals surface area (Å²) in [4.78, 5) is 22.7. The van der Waals surface area contributed by atoms with Gasteiger partial charge in [0.15, 0.2) is 5.78 Å². The third-order valence-electron chi connectivity index (χ3n) is 3.74. The van der Waals surface area contributed by atoms with E-state index < -0.39 is 4.92 Å². The zero-order valence-corrected chi connectivity index (χ0v) is 13.5. The number of aromatic nitrogens is 2. The van der Waals surface area contributed by atoms with E-state index in [1.54, 1.807) is 42.2 Å². The minimum absolute atomic E-state index is 0.0591. The molecule has 0 aliphatic carbocycles. The molecule has 0 spiro atoms. The zero-order chi connectivity index (χ0) is 17.8. The molecule has 0 fully saturated rings. The molecule has 3 rings (SSSR count). The second-order valence-electron chi connectivity index (χ2n) is 5.51. The molecule has 0 unspecified atom stereocenters. The van der Waals surface area contributed by atoms with Gasteiger partial charge in [0.05, 0.1) is 16.8 Å². The van der Waals surface area contributed by atoms with Gasteiger partial charge in [-0.2, -0.15) is 5.10 Å². The lowest BCUT2D eigenvalue weighted by Crippen LogP contribution is -1.98. The molecule has 0 saturated heterocycles. The molecule has 0 atom stereocenters. The van der Waals surface area contributed by atoms with E-state index >= 15 is 0 Å². The summed E-state index contributed by atoms with van der Waals surface area (Å²) in [6, 6.07) is 14.1. The smallest absolute Gasteiger partial charge is 0.273 e. The number of carbonyl (C=O) groups excluding carboxylic acids is 1. The molecule has 2 aromatic carbocycles. The van der Waals surface area contributed by atoms with Gasteiger partial charge < -0.3 is 0 Å². The summed E-state index contributed by atoms with van der Waals surface area (Å²) in [5.41, 5.74) is 2.43. The Labute approximate surface area is 144 Å². The topological polar surface area (TPSA) is 78.0 Å². The number of allylic oxidation sites excluding steroid dienone is 1. The van der Waals surface area contributed by atoms with Gasteiger partial charge in [0, 0.05) is 29.0 Å². The van der Waals surface area contributed by atoms with Gasteiger partial charge in [-0.1, -0.05) is 30.3 Å². The van der Waals surface area contributed by atoms with Gasteiger partial charge in [0.2, 0.25) is 0 Å². The highest BCUT2D eigenvalue weighted by molar-refractivity contribution is 6.07. The van der Waals surface area contributed by atoms with Crippen molar-refractivity contribution in [2.24, 2.45) is 0 Å². The van der Waals surface area contributed by atoms with Gasteiger partial charge in [-0.05, 0) is 31.2 Å². The molecule has 25 heavy (non-hydrogen) atoms. The lowest BCUT2D eigenvalue weighted by molar-refractivity contribution is -0.385. The zero-order valence-electron chi connectivity index (χ0n) is 13.5. The van der Waals surface area contributed by atoms with E-state index in [0.29, 0.717) is 5.56 Å². The summed E-state index contributed by atoms with van der Waals surface area (Å²) >= 11 is 0. The number of ketones is 1. The Balaban J connectivity index is 1.79. The summed E-state index contributed by atoms with van der Waals surface area (Å²) in [5, 5.41) is 15.2. The average Bonchev–Trinajstić information content (AvgIpc) is 3.09. The SMILES string of the molecule is Cc1ccc(C(=O)/C=C/c2cnn(-c3ccccc3)c2)cc1[N+](=O)[O-]. The van der Waals surface area contributed by atoms with Gasteiger partial charge in [-0.3, -0.25) is 14.9 Å². The highest BCUT2D eigenvalue weighted by Crippen LogP contribution is 2.20. The standard InChI is InChI=1S/C19H15N3O3/c1-14-7-9-16(11-18(14)22(24)25)19(23)10-8-15-12-20-21(13-15)17-5-3-2-4-6-17/h2-13H,1H3/b10-8+. The monoisotopic (exact) mass is 333 g/mol. The second-order valence-corrected chi connectivity index (χ2v) is 5.51. The van der Waals surface area contributed by atoms with Crippen LogP contribution in [0, 0.1) is 17.0 Å². The maximum Gasteiger partial charge on any atom is 0.273 e. The Morgan fingerprint density at radius 2 is 1.96 bits per heavy atom. The van der Waals surface area contributed by atoms with Crippen molar-refractivity contribution in [3.63, 3.8) is 0 Å². The van der Waals surface area contributed by atoms with Crippen molar-refractivity contribution in [1.82, 2.24) is 9.78 Å². The number of hydrogen-bond donors (Lipinski definition) is 0. The fourth-order valence-electron chi connectivity index (χ4n) is 2.37. The van der Waals surface area contributed by atoms with E-state index in [1.165, 1.54) is 12.1 Å². The lowest BCUT2D eigenvalue weighted by Gasteiger charge is -1.99. The van der Waals surface area contributed by atoms with E-state index in [9.17, 15) is 14.9 Å². The minimum atomic E-state index is -0.486. The van der Waals surface area contributed by atoms with Crippen LogP contribution >= 0.6 is 0 Å². The van der Waals surface area contributed by atoms with E-state index in [2.05, 4.69) is 5.10 Å². The number of nitro benzene ring substituents is 1. The lowest BCUT2D eigenvalue weighted by atomic mass is 10.1. The Hall–Kier alpha value is -3.54. The van der Waals surface area contributed by atoms with Crippen molar-refractivity contribution in [3.05, 3.63) is 93.8 Å². The first-order chi connectivity index (χ1) is 12.0. The van der Waals surface area contributed by atoms with E-state index in [1.807, 2.05) is 30.3 Å². The number of hydrogen-bond acceptors (Lipinski definition) is 4. The summed E-state index contributed by atoms with van der Waals surface area (Å²) < 4.78 is 1.71. The molecule has 0 bridgehead atoms. The first-order valence-electron chi connectivity index (χ1n) is 7.62. The van der Waals surface area contributed by atoms with Crippen LogP contribution in [0.15, 0.2) is 67.0 Å². The van der Waals surface area contributed by atoms with Crippen molar-refractivity contribution in [1.29, 1.82) is 0 Å². The number of aryl methyl sites for hydroxylation is 1. The molecule has 6 heteroatoms. The first-order valence-corrected chi connectivity index (χ1v) is 7.62. The molecule has 3 aromatic rings. The van der Waals surface area contributed by atoms with Crippen molar-refractivity contribution in [3.8, 4) is 5.69 Å². The highest BCUT2D eigenvalue weighted by atomic mass is 16.6. The van der Waals surface area contributed by atoms with Crippen molar-refractivity contribution < 1.29 is 9.72 Å². The van der Waals surface area contributed by atoms with Crippen LogP contribution < -0.4 is 0 Å². The number of para-hydroxylation sites is 1. The molecule has 0 N–H and O–H groups in total. The molecular weight excluding hydrogens is 318 g/mol. The summed E-state index contributed by atoms with van der Waals surface area (Å²) in [6.45, 7) is 1.64. The number of benzene rings is 2. The number of nitro groups is 1. The van der Waals surface area contributed by atoms with Gasteiger partial charge in [0.25, 0.3) is 5.69 Å². The molecule has 0 saturated carbocycles. The highest BCUT2D eigenvalue weighted by Gasteiger charge is 2.13. The molecule has 124 valence electrons. The quantitative estimate of drug-likeness (QED) is 0.306. The largest absolute Gasteiger partial charge is 0.289 e. The van der Waals surface area contributed by atoms with Crippen molar-refractivity contribution in [2.75, 3.05) is 0 Å². The van der Waals surface area contributed by atoms with Crippen LogP contribution in [0.2, 0.25) is 0 Å². The maximum absolute atomic E-state index is 12.2. The summed E-state index contributed by atoms with van der Waals surface area (Å²) in [5.74, 6) is -0.296. The average molecular weight is 333 g/mol. The van der Waals surface area contributed by atoms with Crippen LogP contribution in [0.1, 0.15) is 21.5 Å². The first kappa shape index (κ1) is 16.3. The van der Waals surface area contributed by atoms with Gasteiger partial charge >= 0.3 is 0 Å². The fraction of sp³-hybridized carbons (Fsp3) is 0.0526. The van der Waals surface area contributed by atoms with Gasteiger partial charge in [0.1, 0.15) is 0 Å². The molecule has 1 heterocycles. The predicted molar refractivity (Wildman–Crippen MR) is 94.8 cm³/mol. The molecule has 0 aliphatic rings. The summed E-state index contributed by atoms with van der Waals surface area (Å²) in [7, 11) is 0. The Morgan fingerprint density at radius 3 is 2.68 bits per heavy atom. The van der Waals surface area contributed by atoms with E-state index in [-0.39, 0.29) is 17.0 Å². The van der Waals surface area contributed by atoms with Gasteiger partial charge in [-0.15, -0.1) is 0 Å². The molecule has 0 aliphatic heterocycles. The third-order valence-corrected chi connectivity index (χ3v) is 3.74. The van der Waals surface area contributed by atoms with Crippen molar-refractivity contribution in [2.45, 2.75) is 6.92 Å². The maximum atomic E-state index is 12.2. The van der Waals surface area contributed by atoms with Crippen LogP contribution in [-0.4, -0.2) is 20.5 Å². The Kier molecular flexibility index (Phi) is 4.52. The van der Waals surface area contributed by atoms with Crippen LogP contribution in [0.4, 0.5) is 5.69 Å². The third kappa shape index (κ3) is 3.69. The number of carbonyl (C=O) groups is 1. The van der Waals surface area contributed by atoms with E-state index in [0.717, 1.165) is 11.3 Å². The van der Waals surface area contributed by atoms with Crippen LogP contribution in [0.25, 0.3) is 11.8 Å². The van der Waals surface area contributed by atoms with Crippen LogP contribution in [0.5, 0.6) is 0 Å². The van der Waals surface area contributed by atoms with Crippen LogP contribution in [-0.2, 0) is 0 Å². The molecule has 0 amide bonds.